The van der Waals surface area contributed by atoms with Crippen LogP contribution in [0.15, 0.2) is 0 Å². The smallest absolute Gasteiger partial charge is 0.213 e. The Kier molecular flexibility index (Phi) is 0.338. The predicted octanol–water partition coefficient (Wildman–Crippen LogP) is -0.549. The number of aromatic amines is 5. The highest BCUT2D eigenvalue weighted by atomic mass is 15.6. The first-order valence-electron chi connectivity index (χ1n) is 1.25. The molecule has 0 aliphatic heterocycles. The Hall–Kier alpha value is -1.00. The number of hydrogen-bond donors (Lipinski definition) is 5. The van der Waals surface area contributed by atoms with Crippen LogP contribution < -0.4 is 0 Å². The van der Waals surface area contributed by atoms with Gasteiger partial charge in [0.25, 0.3) is 0 Å². The van der Waals surface area contributed by atoms with Crippen molar-refractivity contribution < 1.29 is 0 Å². The van der Waals surface area contributed by atoms with E-state index >= 15 is 0 Å². The van der Waals surface area contributed by atoms with Crippen molar-refractivity contribution in [3.8, 4) is 0 Å². The molecule has 5 N–H and O–H groups in total. The van der Waals surface area contributed by atoms with Gasteiger partial charge in [-0.1, -0.05) is 0 Å². The van der Waals surface area contributed by atoms with Crippen LogP contribution in [0.25, 0.3) is 0 Å². The van der Waals surface area contributed by atoms with Gasteiger partial charge in [-0.25, -0.2) is 26.1 Å². The molecule has 0 radical (unpaired) electrons. The molecule has 0 spiro atoms. The summed E-state index contributed by atoms with van der Waals surface area (Å²) in [6.45, 7) is 0. The average molecular weight is 75.1 g/mol. The molecule has 0 bridgehead atoms. The van der Waals surface area contributed by atoms with E-state index in [4.69, 9.17) is 0 Å². The molecule has 5 heteroatoms. The zero-order chi connectivity index (χ0) is 3.54. The Morgan fingerprint density at radius 1 is 0.400 bits per heavy atom. The fraction of sp³-hybridized carbons (Fsp3) is 0. The topological polar surface area (TPSA) is 78.9 Å². The van der Waals surface area contributed by atoms with Gasteiger partial charge in [-0.2, -0.15) is 0 Å². The SMILES string of the molecule is [nH]1[nH][nH][nH][nH]1. The summed E-state index contributed by atoms with van der Waals surface area (Å²) in [5.41, 5.74) is 0. The van der Waals surface area contributed by atoms with Gasteiger partial charge in [0.2, 0.25) is 0 Å². The first-order chi connectivity index (χ1) is 2.50. The third-order valence-electron chi connectivity index (χ3n) is 0.312. The van der Waals surface area contributed by atoms with Crippen LogP contribution in [0.2, 0.25) is 0 Å². The molecule has 1 aromatic heterocycles. The summed E-state index contributed by atoms with van der Waals surface area (Å²) < 4.78 is 0. The molecule has 0 atom stereocenters. The standard InChI is InChI=1S/H5N5/c1-2-4-5-3-1/h1-5H. The van der Waals surface area contributed by atoms with Gasteiger partial charge in [0.15, 0.2) is 0 Å². The summed E-state index contributed by atoms with van der Waals surface area (Å²) in [6, 6.07) is 0. The Balaban J connectivity index is 3.13. The molecule has 0 saturated carbocycles. The van der Waals surface area contributed by atoms with E-state index in [1.54, 1.807) is 0 Å². The van der Waals surface area contributed by atoms with E-state index < -0.39 is 0 Å². The molecular weight excluding hydrogens is 70.0 g/mol. The molecule has 1 aromatic rings. The Morgan fingerprint density at radius 2 is 0.600 bits per heavy atom. The highest BCUT2D eigenvalue weighted by molar-refractivity contribution is 3.84. The van der Waals surface area contributed by atoms with Crippen molar-refractivity contribution in [3.05, 3.63) is 0 Å². The van der Waals surface area contributed by atoms with Gasteiger partial charge < -0.3 is 0 Å². The first kappa shape index (κ1) is 2.25. The number of aromatic nitrogens is 5. The Morgan fingerprint density at radius 3 is 0.800 bits per heavy atom. The second-order valence-electron chi connectivity index (χ2n) is 0.625. The number of hydrogen-bond acceptors (Lipinski definition) is 0. The summed E-state index contributed by atoms with van der Waals surface area (Å²) in [7, 11) is 0. The third kappa shape index (κ3) is 0.188. The van der Waals surface area contributed by atoms with E-state index in [1.807, 2.05) is 0 Å². The second-order valence-corrected chi connectivity index (χ2v) is 0.625. The van der Waals surface area contributed by atoms with Gasteiger partial charge in [0.1, 0.15) is 0 Å². The maximum Gasteiger partial charge on any atom is -0.213 e. The maximum atomic E-state index is 2.50. The lowest BCUT2D eigenvalue weighted by atomic mass is 12.7. The largest absolute Gasteiger partial charge is 0.213 e. The van der Waals surface area contributed by atoms with Gasteiger partial charge >= 0.3 is 0 Å². The molecule has 0 aromatic carbocycles. The highest BCUT2D eigenvalue weighted by Crippen LogP contribution is 1.31. The molecule has 5 nitrogen and oxygen atoms in total. The minimum atomic E-state index is 2.50. The number of rotatable bonds is 0. The Labute approximate surface area is 27.4 Å². The summed E-state index contributed by atoms with van der Waals surface area (Å²) in [5, 5.41) is 12.5. The van der Waals surface area contributed by atoms with E-state index in [-0.39, 0.29) is 0 Å². The van der Waals surface area contributed by atoms with Crippen LogP contribution in [0.3, 0.4) is 0 Å². The summed E-state index contributed by atoms with van der Waals surface area (Å²) in [4.78, 5) is 0. The fourth-order valence-corrected chi connectivity index (χ4v) is 0.156. The monoisotopic (exact) mass is 75.1 g/mol. The third-order valence-corrected chi connectivity index (χ3v) is 0.312. The van der Waals surface area contributed by atoms with Crippen LogP contribution >= 0.6 is 0 Å². The fourth-order valence-electron chi connectivity index (χ4n) is 0.156. The molecule has 30 valence electrons. The van der Waals surface area contributed by atoms with Crippen LogP contribution in [-0.2, 0) is 0 Å². The van der Waals surface area contributed by atoms with Gasteiger partial charge in [-0.3, -0.25) is 0 Å². The van der Waals surface area contributed by atoms with Crippen molar-refractivity contribution in [2.24, 2.45) is 0 Å². The van der Waals surface area contributed by atoms with Crippen molar-refractivity contribution in [2.75, 3.05) is 0 Å². The lowest BCUT2D eigenvalue weighted by molar-refractivity contribution is 0.881. The van der Waals surface area contributed by atoms with Gasteiger partial charge in [0, 0.05) is 0 Å². The molecule has 1 heterocycles. The highest BCUT2D eigenvalue weighted by Gasteiger charge is 1.42. The van der Waals surface area contributed by atoms with Crippen molar-refractivity contribution in [1.29, 1.82) is 0 Å². The van der Waals surface area contributed by atoms with E-state index in [9.17, 15) is 0 Å². The zero-order valence-electron chi connectivity index (χ0n) is 2.50. The van der Waals surface area contributed by atoms with E-state index in [2.05, 4.69) is 26.1 Å². The Bertz CT molecular complexity index is 56.5. The van der Waals surface area contributed by atoms with Crippen LogP contribution in [0, 0.1) is 0 Å². The molecular formula is H5N5. The van der Waals surface area contributed by atoms with Crippen LogP contribution in [-0.4, -0.2) is 26.1 Å². The minimum Gasteiger partial charge on any atom is -0.213 e. The quantitative estimate of drug-likeness (QED) is 0.274. The minimum absolute atomic E-state index is 2.50. The summed E-state index contributed by atoms with van der Waals surface area (Å²) in [6.07, 6.45) is 0. The summed E-state index contributed by atoms with van der Waals surface area (Å²) >= 11 is 0. The molecule has 0 aliphatic rings. The molecule has 0 fully saturated rings. The predicted molar refractivity (Wildman–Crippen MR) is 15.8 cm³/mol. The van der Waals surface area contributed by atoms with Crippen LogP contribution in [0.4, 0.5) is 0 Å². The van der Waals surface area contributed by atoms with Crippen molar-refractivity contribution >= 4 is 0 Å². The zero-order valence-corrected chi connectivity index (χ0v) is 2.50. The molecule has 0 aliphatic carbocycles. The van der Waals surface area contributed by atoms with Gasteiger partial charge in [-0.05, 0) is 0 Å². The van der Waals surface area contributed by atoms with Gasteiger partial charge in [-0.15, -0.1) is 0 Å². The maximum absolute atomic E-state index is 2.50. The first-order valence-corrected chi connectivity index (χ1v) is 1.25. The van der Waals surface area contributed by atoms with E-state index in [1.165, 1.54) is 0 Å². The lowest BCUT2D eigenvalue weighted by Crippen LogP contribution is -1.64. The van der Waals surface area contributed by atoms with Crippen LogP contribution in [0.1, 0.15) is 0 Å². The lowest BCUT2D eigenvalue weighted by Gasteiger charge is -1.53. The molecule has 0 saturated heterocycles. The van der Waals surface area contributed by atoms with Gasteiger partial charge in [0.05, 0.1) is 0 Å². The number of nitrogens with one attached hydrogen (secondary N) is 5. The summed E-state index contributed by atoms with van der Waals surface area (Å²) in [5.74, 6) is 0. The second kappa shape index (κ2) is 0.750. The van der Waals surface area contributed by atoms with Crippen molar-refractivity contribution in [2.45, 2.75) is 0 Å². The number of H-pyrrole nitrogens is 5. The normalized spacial score (nSPS) is 8.00. The van der Waals surface area contributed by atoms with E-state index in [0.717, 1.165) is 0 Å². The molecule has 0 unspecified atom stereocenters. The van der Waals surface area contributed by atoms with E-state index in [0.29, 0.717) is 0 Å². The molecule has 5 heavy (non-hydrogen) atoms. The molecule has 0 amide bonds. The van der Waals surface area contributed by atoms with Crippen molar-refractivity contribution in [1.82, 2.24) is 26.1 Å². The van der Waals surface area contributed by atoms with Crippen molar-refractivity contribution in [3.63, 3.8) is 0 Å². The average Bonchev–Trinajstić information content (AvgIpc) is 1.76. The van der Waals surface area contributed by atoms with Crippen LogP contribution in [0.5, 0.6) is 0 Å². The molecule has 1 rings (SSSR count).